The van der Waals surface area contributed by atoms with Crippen LogP contribution in [0.2, 0.25) is 0 Å². The van der Waals surface area contributed by atoms with Crippen molar-refractivity contribution in [1.82, 2.24) is 5.43 Å². The normalized spacial score (nSPS) is 23.6. The highest BCUT2D eigenvalue weighted by Crippen LogP contribution is 2.40. The number of nitrogens with one attached hydrogen (secondary N) is 1. The van der Waals surface area contributed by atoms with Gasteiger partial charge in [-0.3, -0.25) is 11.3 Å². The van der Waals surface area contributed by atoms with Crippen LogP contribution in [-0.4, -0.2) is 12.2 Å². The highest BCUT2D eigenvalue weighted by atomic mass is 19.4. The van der Waals surface area contributed by atoms with Gasteiger partial charge >= 0.3 is 6.18 Å². The van der Waals surface area contributed by atoms with E-state index in [4.69, 9.17) is 5.84 Å². The third-order valence-electron chi connectivity index (χ3n) is 3.91. The van der Waals surface area contributed by atoms with Crippen molar-refractivity contribution in [3.8, 4) is 0 Å². The molecule has 5 heteroatoms. The summed E-state index contributed by atoms with van der Waals surface area (Å²) >= 11 is 0. The van der Waals surface area contributed by atoms with Gasteiger partial charge in [-0.1, -0.05) is 13.8 Å². The molecule has 0 amide bonds. The SMILES string of the molecule is CC1(C)CCC(C(CCC(F)(F)F)NN)CC1. The molecular weight excluding hydrogens is 229 g/mol. The van der Waals surface area contributed by atoms with Gasteiger partial charge in [-0.2, -0.15) is 13.2 Å². The second-order valence-corrected chi connectivity index (χ2v) is 5.93. The van der Waals surface area contributed by atoms with Crippen molar-refractivity contribution in [2.45, 2.75) is 64.6 Å². The maximum atomic E-state index is 12.2. The molecule has 1 fully saturated rings. The zero-order valence-electron chi connectivity index (χ0n) is 10.6. The van der Waals surface area contributed by atoms with Crippen LogP contribution in [0, 0.1) is 11.3 Å². The molecule has 0 radical (unpaired) electrons. The van der Waals surface area contributed by atoms with Crippen molar-refractivity contribution < 1.29 is 13.2 Å². The molecular formula is C12H23F3N2. The molecule has 0 aromatic rings. The number of hydrazine groups is 1. The molecule has 0 heterocycles. The highest BCUT2D eigenvalue weighted by molar-refractivity contribution is 4.84. The van der Waals surface area contributed by atoms with E-state index in [9.17, 15) is 13.2 Å². The molecule has 102 valence electrons. The van der Waals surface area contributed by atoms with Crippen molar-refractivity contribution in [2.24, 2.45) is 17.2 Å². The standard InChI is InChI=1S/C12H23F3N2/c1-11(2)6-3-9(4-7-11)10(17-16)5-8-12(13,14)15/h9-10,17H,3-8,16H2,1-2H3. The first-order chi connectivity index (χ1) is 7.73. The molecule has 0 spiro atoms. The molecule has 2 nitrogen and oxygen atoms in total. The summed E-state index contributed by atoms with van der Waals surface area (Å²) < 4.78 is 36.5. The molecule has 1 aliphatic rings. The minimum absolute atomic E-state index is 0.0884. The average molecular weight is 252 g/mol. The van der Waals surface area contributed by atoms with E-state index in [2.05, 4.69) is 19.3 Å². The molecule has 1 rings (SSSR count). The third-order valence-corrected chi connectivity index (χ3v) is 3.91. The number of hydrogen-bond donors (Lipinski definition) is 2. The fourth-order valence-electron chi connectivity index (χ4n) is 2.60. The fourth-order valence-corrected chi connectivity index (χ4v) is 2.60. The van der Waals surface area contributed by atoms with E-state index in [1.807, 2.05) is 0 Å². The number of nitrogens with two attached hydrogens (primary N) is 1. The van der Waals surface area contributed by atoms with Crippen molar-refractivity contribution in [3.05, 3.63) is 0 Å². The van der Waals surface area contributed by atoms with Crippen LogP contribution >= 0.6 is 0 Å². The lowest BCUT2D eigenvalue weighted by molar-refractivity contribution is -0.137. The largest absolute Gasteiger partial charge is 0.389 e. The highest BCUT2D eigenvalue weighted by Gasteiger charge is 2.34. The molecule has 0 aromatic carbocycles. The molecule has 1 atom stereocenters. The van der Waals surface area contributed by atoms with Gasteiger partial charge in [0, 0.05) is 12.5 Å². The Morgan fingerprint density at radius 3 is 2.24 bits per heavy atom. The van der Waals surface area contributed by atoms with E-state index in [0.29, 0.717) is 5.41 Å². The summed E-state index contributed by atoms with van der Waals surface area (Å²) in [5.41, 5.74) is 2.90. The Balaban J connectivity index is 2.41. The average Bonchev–Trinajstić information content (AvgIpc) is 2.19. The summed E-state index contributed by atoms with van der Waals surface area (Å²) in [6.45, 7) is 4.42. The molecule has 17 heavy (non-hydrogen) atoms. The van der Waals surface area contributed by atoms with E-state index in [1.54, 1.807) is 0 Å². The minimum atomic E-state index is -4.08. The van der Waals surface area contributed by atoms with E-state index in [-0.39, 0.29) is 18.4 Å². The van der Waals surface area contributed by atoms with Crippen LogP contribution in [0.15, 0.2) is 0 Å². The molecule has 3 N–H and O–H groups in total. The lowest BCUT2D eigenvalue weighted by Gasteiger charge is -2.37. The third kappa shape index (κ3) is 5.25. The van der Waals surface area contributed by atoms with Crippen LogP contribution in [0.4, 0.5) is 13.2 Å². The van der Waals surface area contributed by atoms with E-state index in [1.165, 1.54) is 0 Å². The van der Waals surface area contributed by atoms with Gasteiger partial charge in [0.2, 0.25) is 0 Å². The Bertz CT molecular complexity index is 228. The van der Waals surface area contributed by atoms with Gasteiger partial charge < -0.3 is 0 Å². The van der Waals surface area contributed by atoms with Crippen molar-refractivity contribution in [3.63, 3.8) is 0 Å². The summed E-state index contributed by atoms with van der Waals surface area (Å²) in [7, 11) is 0. The lowest BCUT2D eigenvalue weighted by Crippen LogP contribution is -2.43. The summed E-state index contributed by atoms with van der Waals surface area (Å²) in [6.07, 6.45) is -0.654. The molecule has 1 unspecified atom stereocenters. The molecule has 1 saturated carbocycles. The summed E-state index contributed by atoms with van der Waals surface area (Å²) in [6, 6.07) is -0.201. The summed E-state index contributed by atoms with van der Waals surface area (Å²) in [5, 5.41) is 0. The second kappa shape index (κ2) is 5.57. The number of halogens is 3. The zero-order valence-corrected chi connectivity index (χ0v) is 10.6. The van der Waals surface area contributed by atoms with E-state index in [0.717, 1.165) is 25.7 Å². The lowest BCUT2D eigenvalue weighted by atomic mass is 9.70. The Kier molecular flexibility index (Phi) is 4.84. The Morgan fingerprint density at radius 2 is 1.82 bits per heavy atom. The zero-order chi connectivity index (χ0) is 13.1. The maximum absolute atomic E-state index is 12.2. The number of rotatable bonds is 4. The Labute approximate surface area is 101 Å². The summed E-state index contributed by atoms with van der Waals surface area (Å²) in [4.78, 5) is 0. The molecule has 0 aromatic heterocycles. The molecule has 0 bridgehead atoms. The van der Waals surface area contributed by atoms with Crippen LogP contribution < -0.4 is 11.3 Å². The Morgan fingerprint density at radius 1 is 1.29 bits per heavy atom. The first-order valence-electron chi connectivity index (χ1n) is 6.26. The van der Waals surface area contributed by atoms with Crippen molar-refractivity contribution in [2.75, 3.05) is 0 Å². The maximum Gasteiger partial charge on any atom is 0.389 e. The first kappa shape index (κ1) is 14.8. The van der Waals surface area contributed by atoms with Gasteiger partial charge in [0.25, 0.3) is 0 Å². The summed E-state index contributed by atoms with van der Waals surface area (Å²) in [5.74, 6) is 5.67. The van der Waals surface area contributed by atoms with E-state index < -0.39 is 12.6 Å². The number of alkyl halides is 3. The smallest absolute Gasteiger partial charge is 0.271 e. The number of hydrogen-bond acceptors (Lipinski definition) is 2. The van der Waals surface area contributed by atoms with Crippen molar-refractivity contribution >= 4 is 0 Å². The van der Waals surface area contributed by atoms with Gasteiger partial charge in [0.15, 0.2) is 0 Å². The minimum Gasteiger partial charge on any atom is -0.271 e. The fraction of sp³-hybridized carbons (Fsp3) is 1.00. The molecule has 0 saturated heterocycles. The van der Waals surface area contributed by atoms with Gasteiger partial charge in [-0.15, -0.1) is 0 Å². The molecule has 0 aliphatic heterocycles. The van der Waals surface area contributed by atoms with Gasteiger partial charge in [-0.25, -0.2) is 0 Å². The predicted molar refractivity (Wildman–Crippen MR) is 62.1 cm³/mol. The second-order valence-electron chi connectivity index (χ2n) is 5.93. The first-order valence-corrected chi connectivity index (χ1v) is 6.26. The van der Waals surface area contributed by atoms with Crippen LogP contribution in [0.3, 0.4) is 0 Å². The van der Waals surface area contributed by atoms with Crippen LogP contribution in [0.1, 0.15) is 52.4 Å². The molecule has 1 aliphatic carbocycles. The monoisotopic (exact) mass is 252 g/mol. The predicted octanol–water partition coefficient (Wildman–Crippen LogP) is 3.38. The van der Waals surface area contributed by atoms with Gasteiger partial charge in [-0.05, 0) is 43.4 Å². The van der Waals surface area contributed by atoms with Gasteiger partial charge in [0.05, 0.1) is 0 Å². The Hall–Kier alpha value is -0.290. The van der Waals surface area contributed by atoms with Crippen molar-refractivity contribution in [1.29, 1.82) is 0 Å². The van der Waals surface area contributed by atoms with Crippen LogP contribution in [-0.2, 0) is 0 Å². The van der Waals surface area contributed by atoms with Crippen LogP contribution in [0.5, 0.6) is 0 Å². The quantitative estimate of drug-likeness (QED) is 0.594. The van der Waals surface area contributed by atoms with Crippen LogP contribution in [0.25, 0.3) is 0 Å². The van der Waals surface area contributed by atoms with Gasteiger partial charge in [0.1, 0.15) is 0 Å². The van der Waals surface area contributed by atoms with E-state index >= 15 is 0 Å². The topological polar surface area (TPSA) is 38.0 Å².